The maximum atomic E-state index is 12.4. The summed E-state index contributed by atoms with van der Waals surface area (Å²) in [5.74, 6) is 0.398. The van der Waals surface area contributed by atoms with E-state index in [1.165, 1.54) is 70.6 Å². The van der Waals surface area contributed by atoms with Crippen LogP contribution >= 0.6 is 9.47 Å². The Morgan fingerprint density at radius 3 is 1.90 bits per heavy atom. The molecule has 1 aromatic carbocycles. The summed E-state index contributed by atoms with van der Waals surface area (Å²) >= 11 is 0. The van der Waals surface area contributed by atoms with Gasteiger partial charge < -0.3 is 9.26 Å². The van der Waals surface area contributed by atoms with Crippen LogP contribution in [0.25, 0.3) is 0 Å². The van der Waals surface area contributed by atoms with Gasteiger partial charge in [0.15, 0.2) is 6.10 Å². The molecule has 0 saturated heterocycles. The summed E-state index contributed by atoms with van der Waals surface area (Å²) in [5, 5.41) is 0. The molecule has 0 saturated carbocycles. The fourth-order valence-electron chi connectivity index (χ4n) is 3.77. The molecule has 2 unspecified atom stereocenters. The van der Waals surface area contributed by atoms with Gasteiger partial charge in [-0.2, -0.15) is 0 Å². The van der Waals surface area contributed by atoms with Crippen molar-refractivity contribution in [1.29, 1.82) is 0 Å². The third kappa shape index (κ3) is 12.7. The van der Waals surface area contributed by atoms with Crippen LogP contribution in [-0.4, -0.2) is 12.1 Å². The minimum Gasteiger partial charge on any atom is -0.424 e. The maximum Gasteiger partial charge on any atom is 0.340 e. The van der Waals surface area contributed by atoms with Crippen molar-refractivity contribution in [3.63, 3.8) is 0 Å². The average Bonchev–Trinajstić information content (AvgIpc) is 2.76. The Kier molecular flexibility index (Phi) is 17.0. The Balaban J connectivity index is 2.22. The molecular formula is C26H45O3P. The molecule has 3 nitrogen and oxygen atoms in total. The number of carbonyl (C=O) groups is 1. The van der Waals surface area contributed by atoms with Gasteiger partial charge in [0.2, 0.25) is 0 Å². The standard InChI is InChI=1S/C26H45O3P/c1-3-5-7-8-9-10-11-12-13-14-15-16-19-23-20-17-18-22-24(23)28-26(27)25(29-30)21-6-4-2/h17-18,20,22,25H,3-16,19,21,30H2,1-2H3. The molecule has 1 aromatic rings. The van der Waals surface area contributed by atoms with E-state index >= 15 is 0 Å². The fraction of sp³-hybridized carbons (Fsp3) is 0.731. The highest BCUT2D eigenvalue weighted by Crippen LogP contribution is 2.23. The van der Waals surface area contributed by atoms with E-state index in [1.807, 2.05) is 18.2 Å². The summed E-state index contributed by atoms with van der Waals surface area (Å²) in [6.45, 7) is 4.38. The molecule has 0 N–H and O–H groups in total. The van der Waals surface area contributed by atoms with Gasteiger partial charge in [0.05, 0.1) is 0 Å². The van der Waals surface area contributed by atoms with Crippen LogP contribution in [0.1, 0.15) is 116 Å². The van der Waals surface area contributed by atoms with Crippen molar-refractivity contribution in [2.45, 2.75) is 123 Å². The van der Waals surface area contributed by atoms with E-state index < -0.39 is 6.10 Å². The van der Waals surface area contributed by atoms with E-state index in [0.29, 0.717) is 12.2 Å². The highest BCUT2D eigenvalue weighted by Gasteiger charge is 2.20. The van der Waals surface area contributed by atoms with E-state index in [9.17, 15) is 4.79 Å². The van der Waals surface area contributed by atoms with Crippen LogP contribution in [0.2, 0.25) is 0 Å². The van der Waals surface area contributed by atoms with Gasteiger partial charge in [0.25, 0.3) is 0 Å². The molecule has 0 aliphatic rings. The molecule has 0 fully saturated rings. The lowest BCUT2D eigenvalue weighted by atomic mass is 10.0. The van der Waals surface area contributed by atoms with Crippen molar-refractivity contribution in [3.05, 3.63) is 29.8 Å². The summed E-state index contributed by atoms with van der Waals surface area (Å²) in [5.41, 5.74) is 1.12. The van der Waals surface area contributed by atoms with Gasteiger partial charge >= 0.3 is 5.97 Å². The molecule has 0 heterocycles. The number of rotatable bonds is 19. The molecule has 0 spiro atoms. The van der Waals surface area contributed by atoms with Crippen LogP contribution in [0.15, 0.2) is 24.3 Å². The summed E-state index contributed by atoms with van der Waals surface area (Å²) in [4.78, 5) is 12.4. The van der Waals surface area contributed by atoms with E-state index in [-0.39, 0.29) is 5.97 Å². The number of hydrogen-bond acceptors (Lipinski definition) is 3. The Morgan fingerprint density at radius 1 is 0.800 bits per heavy atom. The quantitative estimate of drug-likeness (QED) is 0.0948. The lowest BCUT2D eigenvalue weighted by Crippen LogP contribution is -2.26. The van der Waals surface area contributed by atoms with Gasteiger partial charge in [0.1, 0.15) is 5.75 Å². The van der Waals surface area contributed by atoms with Crippen molar-refractivity contribution in [3.8, 4) is 5.75 Å². The minimum atomic E-state index is -0.505. The van der Waals surface area contributed by atoms with Crippen molar-refractivity contribution >= 4 is 15.4 Å². The largest absolute Gasteiger partial charge is 0.424 e. The molecule has 4 heteroatoms. The van der Waals surface area contributed by atoms with Crippen molar-refractivity contribution < 1.29 is 14.1 Å². The number of aryl methyl sites for hydroxylation is 1. The van der Waals surface area contributed by atoms with E-state index in [1.54, 1.807) is 0 Å². The molecule has 0 bridgehead atoms. The summed E-state index contributed by atoms with van der Waals surface area (Å²) in [6, 6.07) is 7.92. The predicted molar refractivity (Wildman–Crippen MR) is 131 cm³/mol. The molecule has 0 aliphatic carbocycles. The Hall–Kier alpha value is -0.920. The summed E-state index contributed by atoms with van der Waals surface area (Å²) < 4.78 is 10.9. The lowest BCUT2D eigenvalue weighted by Gasteiger charge is -2.15. The van der Waals surface area contributed by atoms with Gasteiger partial charge in [-0.3, -0.25) is 0 Å². The van der Waals surface area contributed by atoms with Gasteiger partial charge in [0, 0.05) is 9.47 Å². The average molecular weight is 437 g/mol. The maximum absolute atomic E-state index is 12.4. The van der Waals surface area contributed by atoms with Gasteiger partial charge in [-0.05, 0) is 30.9 Å². The van der Waals surface area contributed by atoms with Crippen LogP contribution in [0.3, 0.4) is 0 Å². The monoisotopic (exact) mass is 436 g/mol. The topological polar surface area (TPSA) is 35.5 Å². The normalized spacial score (nSPS) is 12.1. The number of unbranched alkanes of at least 4 members (excludes halogenated alkanes) is 12. The van der Waals surface area contributed by atoms with Gasteiger partial charge in [-0.1, -0.05) is 116 Å². The number of carbonyl (C=O) groups excluding carboxylic acids is 1. The third-order valence-electron chi connectivity index (χ3n) is 5.73. The van der Waals surface area contributed by atoms with Crippen molar-refractivity contribution in [1.82, 2.24) is 0 Å². The second-order valence-corrected chi connectivity index (χ2v) is 8.71. The number of hydrogen-bond donors (Lipinski definition) is 0. The molecule has 30 heavy (non-hydrogen) atoms. The zero-order chi connectivity index (χ0) is 21.9. The summed E-state index contributed by atoms with van der Waals surface area (Å²) in [6.07, 6.45) is 19.3. The highest BCUT2D eigenvalue weighted by atomic mass is 31.0. The first kappa shape index (κ1) is 27.1. The van der Waals surface area contributed by atoms with Gasteiger partial charge in [-0.15, -0.1) is 0 Å². The number of benzene rings is 1. The fourth-order valence-corrected chi connectivity index (χ4v) is 4.02. The first-order valence-corrected chi connectivity index (χ1v) is 12.8. The predicted octanol–water partition coefficient (Wildman–Crippen LogP) is 8.20. The molecule has 1 rings (SSSR count). The number of para-hydroxylation sites is 1. The smallest absolute Gasteiger partial charge is 0.340 e. The van der Waals surface area contributed by atoms with Crippen LogP contribution in [0.4, 0.5) is 0 Å². The van der Waals surface area contributed by atoms with Crippen LogP contribution in [-0.2, 0) is 15.7 Å². The van der Waals surface area contributed by atoms with Crippen LogP contribution in [0, 0.1) is 0 Å². The van der Waals surface area contributed by atoms with E-state index in [2.05, 4.69) is 29.4 Å². The van der Waals surface area contributed by atoms with Crippen molar-refractivity contribution in [2.24, 2.45) is 0 Å². The molecule has 2 atom stereocenters. The minimum absolute atomic E-state index is 0.291. The van der Waals surface area contributed by atoms with Crippen molar-refractivity contribution in [2.75, 3.05) is 0 Å². The Morgan fingerprint density at radius 2 is 1.33 bits per heavy atom. The lowest BCUT2D eigenvalue weighted by molar-refractivity contribution is -0.142. The zero-order valence-electron chi connectivity index (χ0n) is 19.5. The second kappa shape index (κ2) is 18.8. The van der Waals surface area contributed by atoms with Crippen LogP contribution in [0.5, 0.6) is 5.75 Å². The first-order valence-electron chi connectivity index (χ1n) is 12.4. The molecule has 0 radical (unpaired) electrons. The molecule has 0 aromatic heterocycles. The Bertz CT molecular complexity index is 547. The molecule has 0 aliphatic heterocycles. The van der Waals surface area contributed by atoms with E-state index in [0.717, 1.165) is 31.2 Å². The highest BCUT2D eigenvalue weighted by molar-refractivity contribution is 7.09. The van der Waals surface area contributed by atoms with E-state index in [4.69, 9.17) is 9.26 Å². The number of esters is 1. The molecular weight excluding hydrogens is 391 g/mol. The molecule has 172 valence electrons. The summed E-state index contributed by atoms with van der Waals surface area (Å²) in [7, 11) is 2.20. The Labute approximate surface area is 188 Å². The first-order chi connectivity index (χ1) is 14.7. The second-order valence-electron chi connectivity index (χ2n) is 8.43. The third-order valence-corrected chi connectivity index (χ3v) is 6.06. The SMILES string of the molecule is CCCCCCCCCCCCCCc1ccccc1OC(=O)C(CCCC)OP. The molecule has 0 amide bonds. The zero-order valence-corrected chi connectivity index (χ0v) is 20.7. The van der Waals surface area contributed by atoms with Gasteiger partial charge in [-0.25, -0.2) is 4.79 Å². The number of ether oxygens (including phenoxy) is 1. The van der Waals surface area contributed by atoms with Crippen LogP contribution < -0.4 is 4.74 Å².